The zero-order valence-corrected chi connectivity index (χ0v) is 10.9. The molecule has 3 nitrogen and oxygen atoms in total. The number of ether oxygens (including phenoxy) is 2. The molecule has 75 valence electrons. The van der Waals surface area contributed by atoms with Crippen LogP contribution in [-0.2, 0) is 47.0 Å². The number of carbonyl (C=O) groups is 1. The predicted molar refractivity (Wildman–Crippen MR) is 46.9 cm³/mol. The van der Waals surface area contributed by atoms with Crippen molar-refractivity contribution in [3.8, 4) is 0 Å². The molecule has 1 heterocycles. The Hall–Kier alpha value is 0.304. The summed E-state index contributed by atoms with van der Waals surface area (Å²) in [6.07, 6.45) is 7.10. The summed E-state index contributed by atoms with van der Waals surface area (Å²) in [5, 5.41) is 0. The maximum atomic E-state index is 10.2. The molecule has 0 unspecified atom stereocenters. The summed E-state index contributed by atoms with van der Waals surface area (Å²) in [4.78, 5) is 10.2. The molecule has 0 bridgehead atoms. The molecule has 0 aromatic rings. The first-order valence-corrected chi connectivity index (χ1v) is 4.63. The smallest absolute Gasteiger partial charge is 0.124 e. The van der Waals surface area contributed by atoms with Gasteiger partial charge in [-0.3, -0.25) is 0 Å². The normalized spacial score (nSPS) is 24.4. The first-order chi connectivity index (χ1) is 6.37. The fraction of sp³-hybridized carbons (Fsp3) is 0.600. The SMILES string of the molecule is O=C/C=C/[C-]1CCCC12OCCO2.[Y]. The fourth-order valence-electron chi connectivity index (χ4n) is 2.01. The van der Waals surface area contributed by atoms with Gasteiger partial charge in [-0.25, -0.2) is 6.08 Å². The summed E-state index contributed by atoms with van der Waals surface area (Å²) in [5.74, 6) is 0.636. The maximum absolute atomic E-state index is 10.2. The van der Waals surface area contributed by atoms with Crippen molar-refractivity contribution in [2.45, 2.75) is 25.0 Å². The van der Waals surface area contributed by atoms with Gasteiger partial charge in [0.2, 0.25) is 0 Å². The Kier molecular flexibility index (Phi) is 4.78. The molecule has 2 fully saturated rings. The molecule has 0 aromatic heterocycles. The monoisotopic (exact) mass is 270 g/mol. The van der Waals surface area contributed by atoms with Crippen molar-refractivity contribution >= 4 is 6.29 Å². The number of hydrogen-bond acceptors (Lipinski definition) is 3. The molecule has 1 aliphatic carbocycles. The van der Waals surface area contributed by atoms with Crippen molar-refractivity contribution in [1.82, 2.24) is 0 Å². The van der Waals surface area contributed by atoms with E-state index in [1.807, 2.05) is 6.08 Å². The Balaban J connectivity index is 0.000000980. The van der Waals surface area contributed by atoms with Gasteiger partial charge in [0.25, 0.3) is 0 Å². The molecule has 1 saturated carbocycles. The van der Waals surface area contributed by atoms with E-state index >= 15 is 0 Å². The van der Waals surface area contributed by atoms with Crippen LogP contribution in [-0.4, -0.2) is 25.3 Å². The van der Waals surface area contributed by atoms with E-state index in [-0.39, 0.29) is 32.7 Å². The van der Waals surface area contributed by atoms with Crippen molar-refractivity contribution in [2.24, 2.45) is 0 Å². The van der Waals surface area contributed by atoms with Crippen LogP contribution in [0.3, 0.4) is 0 Å². The summed E-state index contributed by atoms with van der Waals surface area (Å²) >= 11 is 0. The first kappa shape index (κ1) is 12.4. The largest absolute Gasteiger partial charge is 0.359 e. The molecule has 2 aliphatic rings. The predicted octanol–water partition coefficient (Wildman–Crippen LogP) is 1.24. The van der Waals surface area contributed by atoms with Crippen LogP contribution in [0.2, 0.25) is 0 Å². The Bertz CT molecular complexity index is 216. The molecule has 1 spiro atoms. The number of carbonyl (C=O) groups excluding carboxylic acids is 1. The molecule has 4 heteroatoms. The summed E-state index contributed by atoms with van der Waals surface area (Å²) in [5.41, 5.74) is 0. The minimum atomic E-state index is -0.473. The second-order valence-corrected chi connectivity index (χ2v) is 3.32. The van der Waals surface area contributed by atoms with Crippen molar-refractivity contribution in [2.75, 3.05) is 13.2 Å². The van der Waals surface area contributed by atoms with Gasteiger partial charge in [-0.15, -0.1) is 0 Å². The van der Waals surface area contributed by atoms with Crippen LogP contribution < -0.4 is 0 Å². The van der Waals surface area contributed by atoms with Gasteiger partial charge in [0.1, 0.15) is 5.79 Å². The second kappa shape index (κ2) is 5.40. The Morgan fingerprint density at radius 2 is 2.00 bits per heavy atom. The third-order valence-corrected chi connectivity index (χ3v) is 2.57. The van der Waals surface area contributed by atoms with Gasteiger partial charge in [-0.2, -0.15) is 12.0 Å². The quantitative estimate of drug-likeness (QED) is 0.430. The topological polar surface area (TPSA) is 35.5 Å². The Morgan fingerprint density at radius 3 is 2.64 bits per heavy atom. The summed E-state index contributed by atoms with van der Waals surface area (Å²) in [6, 6.07) is 0. The van der Waals surface area contributed by atoms with Gasteiger partial charge in [-0.1, -0.05) is 12.8 Å². The number of aldehydes is 1. The van der Waals surface area contributed by atoms with Crippen LogP contribution in [0.25, 0.3) is 0 Å². The average Bonchev–Trinajstić information content (AvgIpc) is 2.75. The molecule has 0 atom stereocenters. The van der Waals surface area contributed by atoms with Crippen LogP contribution in [0.5, 0.6) is 0 Å². The van der Waals surface area contributed by atoms with Gasteiger partial charge >= 0.3 is 0 Å². The van der Waals surface area contributed by atoms with Crippen LogP contribution in [0.15, 0.2) is 12.2 Å². The van der Waals surface area contributed by atoms with E-state index in [0.29, 0.717) is 13.2 Å². The van der Waals surface area contributed by atoms with E-state index in [2.05, 4.69) is 0 Å². The van der Waals surface area contributed by atoms with Crippen LogP contribution in [0.1, 0.15) is 19.3 Å². The molecular formula is C10H13O3Y-. The average molecular weight is 270 g/mol. The van der Waals surface area contributed by atoms with Crippen molar-refractivity contribution in [3.05, 3.63) is 18.1 Å². The third kappa shape index (κ3) is 2.27. The zero-order valence-electron chi connectivity index (χ0n) is 8.07. The molecule has 1 radical (unpaired) electrons. The van der Waals surface area contributed by atoms with Gasteiger partial charge < -0.3 is 14.3 Å². The Labute approximate surface area is 109 Å². The van der Waals surface area contributed by atoms with Gasteiger partial charge in [0, 0.05) is 32.7 Å². The second-order valence-electron chi connectivity index (χ2n) is 3.32. The number of hydrogen-bond donors (Lipinski definition) is 0. The molecule has 2 rings (SSSR count). The minimum Gasteiger partial charge on any atom is -0.359 e. The summed E-state index contributed by atoms with van der Waals surface area (Å²) in [7, 11) is 0. The van der Waals surface area contributed by atoms with Gasteiger partial charge in [0.05, 0.1) is 19.5 Å². The van der Waals surface area contributed by atoms with E-state index in [1.165, 1.54) is 6.08 Å². The van der Waals surface area contributed by atoms with Crippen LogP contribution in [0, 0.1) is 5.92 Å². The molecular weight excluding hydrogens is 257 g/mol. The molecule has 0 amide bonds. The van der Waals surface area contributed by atoms with Crippen molar-refractivity contribution in [1.29, 1.82) is 0 Å². The minimum absolute atomic E-state index is 0. The van der Waals surface area contributed by atoms with Crippen molar-refractivity contribution < 1.29 is 47.0 Å². The van der Waals surface area contributed by atoms with Crippen LogP contribution in [0.4, 0.5) is 0 Å². The van der Waals surface area contributed by atoms with E-state index in [9.17, 15) is 4.79 Å². The van der Waals surface area contributed by atoms with E-state index < -0.39 is 5.79 Å². The standard InChI is InChI=1S/C10H13O3.Y/c11-6-2-4-9-3-1-5-10(9)12-7-8-13-10;/h2,4,6H,1,3,5,7-8H2;/q-1;/b4-2+;. The maximum Gasteiger partial charge on any atom is 0.124 e. The molecule has 1 saturated heterocycles. The summed E-state index contributed by atoms with van der Waals surface area (Å²) in [6.45, 7) is 1.33. The number of allylic oxidation sites excluding steroid dienone is 1. The van der Waals surface area contributed by atoms with E-state index in [0.717, 1.165) is 31.5 Å². The number of rotatable bonds is 2. The Morgan fingerprint density at radius 1 is 1.29 bits per heavy atom. The zero-order chi connectivity index (χ0) is 9.15. The van der Waals surface area contributed by atoms with Crippen LogP contribution >= 0.6 is 0 Å². The molecule has 0 aromatic carbocycles. The first-order valence-electron chi connectivity index (χ1n) is 4.63. The molecule has 1 aliphatic heterocycles. The molecule has 0 N–H and O–H groups in total. The fourth-order valence-corrected chi connectivity index (χ4v) is 2.01. The molecule has 14 heavy (non-hydrogen) atoms. The van der Waals surface area contributed by atoms with Gasteiger partial charge in [-0.05, 0) is 6.42 Å². The summed E-state index contributed by atoms with van der Waals surface area (Å²) < 4.78 is 11.2. The van der Waals surface area contributed by atoms with Crippen molar-refractivity contribution in [3.63, 3.8) is 0 Å². The van der Waals surface area contributed by atoms with E-state index in [1.54, 1.807) is 0 Å². The van der Waals surface area contributed by atoms with E-state index in [4.69, 9.17) is 9.47 Å². The third-order valence-electron chi connectivity index (χ3n) is 2.57. The van der Waals surface area contributed by atoms with Gasteiger partial charge in [0.15, 0.2) is 0 Å².